The summed E-state index contributed by atoms with van der Waals surface area (Å²) in [4.78, 5) is 12.1. The van der Waals surface area contributed by atoms with Gasteiger partial charge in [0, 0.05) is 5.56 Å². The number of nitrogens with zero attached hydrogens (tertiary/aromatic N) is 1. The average Bonchev–Trinajstić information content (AvgIpc) is 3.12. The van der Waals surface area contributed by atoms with Crippen LogP contribution in [0.1, 0.15) is 41.6 Å². The van der Waals surface area contributed by atoms with E-state index in [0.29, 0.717) is 11.3 Å². The van der Waals surface area contributed by atoms with Crippen LogP contribution in [-0.2, 0) is 10.9 Å². The minimum Gasteiger partial charge on any atom is -0.467 e. The molecule has 5 nitrogen and oxygen atoms in total. The number of esters is 1. The molecule has 0 saturated heterocycles. The largest absolute Gasteiger partial charge is 0.467 e. The van der Waals surface area contributed by atoms with Crippen molar-refractivity contribution in [2.45, 2.75) is 32.4 Å². The third-order valence-electron chi connectivity index (χ3n) is 4.98. The Hall–Kier alpha value is -3.30. The van der Waals surface area contributed by atoms with Crippen molar-refractivity contribution in [1.29, 1.82) is 0 Å². The monoisotopic (exact) mass is 494 g/mol. The Morgan fingerprint density at radius 3 is 2.47 bits per heavy atom. The summed E-state index contributed by atoms with van der Waals surface area (Å²) in [7, 11) is 0. The highest BCUT2D eigenvalue weighted by molar-refractivity contribution is 6.32. The van der Waals surface area contributed by atoms with Crippen molar-refractivity contribution < 1.29 is 31.8 Å². The highest BCUT2D eigenvalue weighted by Crippen LogP contribution is 2.45. The number of carbonyl (C=O) groups excluding carboxylic acids is 1. The van der Waals surface area contributed by atoms with E-state index >= 15 is 4.39 Å². The summed E-state index contributed by atoms with van der Waals surface area (Å²) in [6.45, 7) is 3.36. The van der Waals surface area contributed by atoms with E-state index in [1.54, 1.807) is 38.1 Å². The zero-order valence-electron chi connectivity index (χ0n) is 18.0. The number of fused-ring (bicyclic) bond motifs is 1. The van der Waals surface area contributed by atoms with Crippen LogP contribution < -0.4 is 15.2 Å². The first-order valence-corrected chi connectivity index (χ1v) is 10.6. The van der Waals surface area contributed by atoms with E-state index in [1.165, 1.54) is 29.3 Å². The van der Waals surface area contributed by atoms with Crippen molar-refractivity contribution >= 4 is 28.9 Å². The van der Waals surface area contributed by atoms with Crippen LogP contribution in [0.5, 0.6) is 5.75 Å². The molecule has 0 spiro atoms. The fraction of sp³-hybridized carbons (Fsp3) is 0.208. The SMILES string of the molecule is CC(C)OC(=O)c1ccc(N2NC(Oc3c(Cl)cccc3C(F)(F)F)c3ccccc32)c(F)c1. The van der Waals surface area contributed by atoms with E-state index in [1.807, 2.05) is 0 Å². The normalized spacial score (nSPS) is 15.4. The van der Waals surface area contributed by atoms with E-state index in [0.717, 1.165) is 12.1 Å². The van der Waals surface area contributed by atoms with Crippen LogP contribution in [0.4, 0.5) is 28.9 Å². The highest BCUT2D eigenvalue weighted by Gasteiger charge is 2.38. The lowest BCUT2D eigenvalue weighted by atomic mass is 10.1. The molecule has 1 N–H and O–H groups in total. The molecular formula is C24H19ClF4N2O3. The molecule has 4 rings (SSSR count). The number of nitrogens with one attached hydrogen (secondary N) is 1. The molecule has 0 fully saturated rings. The summed E-state index contributed by atoms with van der Waals surface area (Å²) in [5.74, 6) is -1.96. The molecule has 1 atom stereocenters. The molecular weight excluding hydrogens is 476 g/mol. The van der Waals surface area contributed by atoms with Gasteiger partial charge in [0.25, 0.3) is 0 Å². The summed E-state index contributed by atoms with van der Waals surface area (Å²) < 4.78 is 66.4. The van der Waals surface area contributed by atoms with E-state index in [4.69, 9.17) is 21.1 Å². The summed E-state index contributed by atoms with van der Waals surface area (Å²) in [5, 5.41) is 1.13. The molecule has 1 unspecified atom stereocenters. The Morgan fingerprint density at radius 2 is 1.79 bits per heavy atom. The van der Waals surface area contributed by atoms with Gasteiger partial charge < -0.3 is 9.47 Å². The zero-order valence-corrected chi connectivity index (χ0v) is 18.7. The maximum Gasteiger partial charge on any atom is 0.420 e. The minimum atomic E-state index is -4.69. The molecule has 0 aromatic heterocycles. The number of benzene rings is 3. The lowest BCUT2D eigenvalue weighted by Gasteiger charge is -2.23. The Morgan fingerprint density at radius 1 is 1.06 bits per heavy atom. The number of hydrogen-bond acceptors (Lipinski definition) is 5. The number of halogens is 5. The number of hydrazine groups is 1. The quantitative estimate of drug-likeness (QED) is 0.312. The predicted molar refractivity (Wildman–Crippen MR) is 118 cm³/mol. The van der Waals surface area contributed by atoms with Crippen molar-refractivity contribution in [3.63, 3.8) is 0 Å². The first-order chi connectivity index (χ1) is 16.1. The van der Waals surface area contributed by atoms with Crippen molar-refractivity contribution in [3.05, 3.63) is 88.2 Å². The Balaban J connectivity index is 1.68. The van der Waals surface area contributed by atoms with E-state index < -0.39 is 35.5 Å². The number of alkyl halides is 3. The predicted octanol–water partition coefficient (Wildman–Crippen LogP) is 6.80. The maximum absolute atomic E-state index is 15.0. The summed E-state index contributed by atoms with van der Waals surface area (Å²) >= 11 is 6.03. The van der Waals surface area contributed by atoms with Gasteiger partial charge in [0.15, 0.2) is 12.0 Å². The standard InChI is InChI=1S/C24H19ClF4N2O3/c1-13(2)33-23(32)14-10-11-20(18(26)12-14)31-19-9-4-3-6-15(19)22(30-31)34-21-16(24(27,28)29)7-5-8-17(21)25/h3-13,22,30H,1-2H3. The summed E-state index contributed by atoms with van der Waals surface area (Å²) in [6.07, 6.45) is -6.15. The van der Waals surface area contributed by atoms with Gasteiger partial charge in [-0.05, 0) is 50.2 Å². The third-order valence-corrected chi connectivity index (χ3v) is 5.28. The molecule has 1 aliphatic heterocycles. The second-order valence-corrected chi connectivity index (χ2v) is 8.16. The van der Waals surface area contributed by atoms with Crippen molar-refractivity contribution in [1.82, 2.24) is 5.43 Å². The molecule has 1 heterocycles. The molecule has 0 amide bonds. The van der Waals surface area contributed by atoms with Crippen LogP contribution in [0.3, 0.4) is 0 Å². The molecule has 0 bridgehead atoms. The lowest BCUT2D eigenvalue weighted by Crippen LogP contribution is -2.33. The second kappa shape index (κ2) is 9.15. The molecule has 34 heavy (non-hydrogen) atoms. The second-order valence-electron chi connectivity index (χ2n) is 7.76. The van der Waals surface area contributed by atoms with Gasteiger partial charge in [-0.25, -0.2) is 9.18 Å². The van der Waals surface area contributed by atoms with Crippen LogP contribution in [0.15, 0.2) is 60.7 Å². The maximum atomic E-state index is 15.0. The Bertz CT molecular complexity index is 1230. The first kappa shape index (κ1) is 23.8. The van der Waals surface area contributed by atoms with Crippen molar-refractivity contribution in [2.24, 2.45) is 0 Å². The molecule has 1 aliphatic rings. The highest BCUT2D eigenvalue weighted by atomic mass is 35.5. The molecule has 0 saturated carbocycles. The molecule has 0 radical (unpaired) electrons. The molecule has 0 aliphatic carbocycles. The van der Waals surface area contributed by atoms with Gasteiger partial charge in [-0.1, -0.05) is 35.9 Å². The molecule has 3 aromatic carbocycles. The van der Waals surface area contributed by atoms with E-state index in [9.17, 15) is 18.0 Å². The van der Waals surface area contributed by atoms with Crippen LogP contribution in [0, 0.1) is 5.82 Å². The van der Waals surface area contributed by atoms with Gasteiger partial charge >= 0.3 is 12.1 Å². The zero-order chi connectivity index (χ0) is 24.6. The van der Waals surface area contributed by atoms with Gasteiger partial charge in [0.2, 0.25) is 0 Å². The van der Waals surface area contributed by atoms with Gasteiger partial charge in [-0.3, -0.25) is 5.01 Å². The summed E-state index contributed by atoms with van der Waals surface area (Å²) in [5.41, 5.74) is 2.85. The Labute approximate surface area is 197 Å². The topological polar surface area (TPSA) is 50.8 Å². The van der Waals surface area contributed by atoms with Crippen molar-refractivity contribution in [3.8, 4) is 5.75 Å². The minimum absolute atomic E-state index is 0.0288. The van der Waals surface area contributed by atoms with Crippen LogP contribution in [-0.4, -0.2) is 12.1 Å². The Kier molecular flexibility index (Phi) is 6.42. The number of anilines is 2. The molecule has 3 aromatic rings. The van der Waals surface area contributed by atoms with Gasteiger partial charge in [0.05, 0.1) is 33.6 Å². The smallest absolute Gasteiger partial charge is 0.420 e. The van der Waals surface area contributed by atoms with Crippen LogP contribution in [0.25, 0.3) is 0 Å². The van der Waals surface area contributed by atoms with Gasteiger partial charge in [-0.15, -0.1) is 0 Å². The molecule has 178 valence electrons. The summed E-state index contributed by atoms with van der Waals surface area (Å²) in [6, 6.07) is 13.8. The molecule has 10 heteroatoms. The first-order valence-electron chi connectivity index (χ1n) is 10.2. The van der Waals surface area contributed by atoms with E-state index in [2.05, 4.69) is 5.43 Å². The third kappa shape index (κ3) is 4.67. The fourth-order valence-electron chi connectivity index (χ4n) is 3.53. The van der Waals surface area contributed by atoms with Crippen LogP contribution >= 0.6 is 11.6 Å². The van der Waals surface area contributed by atoms with Crippen molar-refractivity contribution in [2.75, 3.05) is 5.01 Å². The number of carbonyl (C=O) groups is 1. The van der Waals surface area contributed by atoms with Gasteiger partial charge in [-0.2, -0.15) is 18.6 Å². The van der Waals surface area contributed by atoms with Crippen LogP contribution in [0.2, 0.25) is 5.02 Å². The number of para-hydroxylation sites is 2. The fourth-order valence-corrected chi connectivity index (χ4v) is 3.74. The average molecular weight is 495 g/mol. The number of rotatable bonds is 5. The van der Waals surface area contributed by atoms with Gasteiger partial charge in [0.1, 0.15) is 5.82 Å². The number of ether oxygens (including phenoxy) is 2. The lowest BCUT2D eigenvalue weighted by molar-refractivity contribution is -0.139. The van der Waals surface area contributed by atoms with E-state index in [-0.39, 0.29) is 22.4 Å². The number of hydrogen-bond donors (Lipinski definition) is 1.